The summed E-state index contributed by atoms with van der Waals surface area (Å²) in [4.78, 5) is 0. The van der Waals surface area contributed by atoms with E-state index in [0.29, 0.717) is 10.9 Å². The molecule has 20 heavy (non-hydrogen) atoms. The summed E-state index contributed by atoms with van der Waals surface area (Å²) in [6.45, 7) is 2.04. The van der Waals surface area contributed by atoms with E-state index in [1.54, 1.807) is 7.11 Å². The van der Waals surface area contributed by atoms with Crippen molar-refractivity contribution in [2.45, 2.75) is 12.1 Å². The third kappa shape index (κ3) is 1.87. The number of fused-ring (bicyclic) bond motifs is 3. The maximum Gasteiger partial charge on any atom is 0.197 e. The van der Waals surface area contributed by atoms with E-state index in [9.17, 15) is 0 Å². The standard InChI is InChI=1S/C14H12N4OS/c1-9-8-12-16-17-14(20-7-6-15)18(12)13-10(9)4-3-5-11(13)19-2/h3-5,8H,7H2,1-2H3. The van der Waals surface area contributed by atoms with Crippen molar-refractivity contribution in [2.75, 3.05) is 12.9 Å². The number of benzene rings is 1. The van der Waals surface area contributed by atoms with Crippen LogP contribution in [0.3, 0.4) is 0 Å². The summed E-state index contributed by atoms with van der Waals surface area (Å²) >= 11 is 1.37. The Hall–Kier alpha value is -2.26. The lowest BCUT2D eigenvalue weighted by Gasteiger charge is -2.10. The number of aryl methyl sites for hydroxylation is 1. The van der Waals surface area contributed by atoms with Crippen LogP contribution in [0.5, 0.6) is 5.75 Å². The van der Waals surface area contributed by atoms with Gasteiger partial charge in [-0.1, -0.05) is 23.9 Å². The Bertz CT molecular complexity index is 834. The third-order valence-corrected chi connectivity index (χ3v) is 3.93. The molecule has 0 aliphatic heterocycles. The average molecular weight is 284 g/mol. The fraction of sp³-hybridized carbons (Fsp3) is 0.214. The van der Waals surface area contributed by atoms with E-state index in [4.69, 9.17) is 10.00 Å². The Morgan fingerprint density at radius 3 is 3.00 bits per heavy atom. The van der Waals surface area contributed by atoms with Crippen LogP contribution in [0.2, 0.25) is 0 Å². The van der Waals surface area contributed by atoms with E-state index in [2.05, 4.69) is 16.3 Å². The molecule has 0 aliphatic rings. The highest BCUT2D eigenvalue weighted by molar-refractivity contribution is 7.99. The van der Waals surface area contributed by atoms with Crippen molar-refractivity contribution in [1.29, 1.82) is 5.26 Å². The summed E-state index contributed by atoms with van der Waals surface area (Å²) in [5, 5.41) is 18.9. The fourth-order valence-electron chi connectivity index (χ4n) is 2.28. The summed E-state index contributed by atoms with van der Waals surface area (Å²) in [5.74, 6) is 1.11. The van der Waals surface area contributed by atoms with Gasteiger partial charge in [-0.15, -0.1) is 10.2 Å². The summed E-state index contributed by atoms with van der Waals surface area (Å²) in [5.41, 5.74) is 2.83. The molecule has 0 amide bonds. The van der Waals surface area contributed by atoms with E-state index < -0.39 is 0 Å². The van der Waals surface area contributed by atoms with Gasteiger partial charge in [-0.25, -0.2) is 0 Å². The molecular formula is C14H12N4OS. The first-order valence-corrected chi connectivity index (χ1v) is 7.06. The van der Waals surface area contributed by atoms with Gasteiger partial charge >= 0.3 is 0 Å². The van der Waals surface area contributed by atoms with Crippen molar-refractivity contribution in [3.8, 4) is 11.8 Å². The molecule has 100 valence electrons. The molecular weight excluding hydrogens is 272 g/mol. The number of nitrogens with zero attached hydrogens (tertiary/aromatic N) is 4. The van der Waals surface area contributed by atoms with E-state index >= 15 is 0 Å². The molecule has 0 saturated heterocycles. The van der Waals surface area contributed by atoms with Crippen LogP contribution in [0, 0.1) is 18.3 Å². The quantitative estimate of drug-likeness (QED) is 0.692. The predicted molar refractivity (Wildman–Crippen MR) is 78.1 cm³/mol. The lowest BCUT2D eigenvalue weighted by molar-refractivity contribution is 0.418. The van der Waals surface area contributed by atoms with Crippen molar-refractivity contribution in [3.63, 3.8) is 0 Å². The highest BCUT2D eigenvalue weighted by Gasteiger charge is 2.14. The second-order valence-corrected chi connectivity index (χ2v) is 5.25. The molecule has 0 bridgehead atoms. The van der Waals surface area contributed by atoms with Gasteiger partial charge in [-0.05, 0) is 24.6 Å². The third-order valence-electron chi connectivity index (χ3n) is 3.14. The number of pyridine rings is 1. The lowest BCUT2D eigenvalue weighted by Crippen LogP contribution is -1.96. The predicted octanol–water partition coefficient (Wildman–Crippen LogP) is 2.82. The van der Waals surface area contributed by atoms with Crippen LogP contribution in [-0.4, -0.2) is 27.5 Å². The highest BCUT2D eigenvalue weighted by atomic mass is 32.2. The van der Waals surface area contributed by atoms with Gasteiger partial charge in [0.1, 0.15) is 5.75 Å². The van der Waals surface area contributed by atoms with Crippen molar-refractivity contribution in [2.24, 2.45) is 0 Å². The zero-order chi connectivity index (χ0) is 14.1. The number of ether oxygens (including phenoxy) is 1. The zero-order valence-corrected chi connectivity index (χ0v) is 11.9. The molecule has 0 aliphatic carbocycles. The molecule has 0 spiro atoms. The first-order valence-electron chi connectivity index (χ1n) is 6.07. The van der Waals surface area contributed by atoms with Crippen LogP contribution >= 0.6 is 11.8 Å². The minimum Gasteiger partial charge on any atom is -0.495 e. The van der Waals surface area contributed by atoms with E-state index in [1.165, 1.54) is 11.8 Å². The second kappa shape index (κ2) is 5.02. The Kier molecular flexibility index (Phi) is 3.20. The van der Waals surface area contributed by atoms with Crippen LogP contribution in [-0.2, 0) is 0 Å². The van der Waals surface area contributed by atoms with Gasteiger partial charge in [0.2, 0.25) is 0 Å². The molecule has 2 heterocycles. The molecule has 0 saturated carbocycles. The SMILES string of the molecule is COc1cccc2c(C)cc3nnc(SCC#N)n3c12. The number of hydrogen-bond acceptors (Lipinski definition) is 5. The van der Waals surface area contributed by atoms with Gasteiger partial charge in [-0.3, -0.25) is 4.40 Å². The van der Waals surface area contributed by atoms with Crippen LogP contribution in [0.1, 0.15) is 5.56 Å². The second-order valence-electron chi connectivity index (χ2n) is 4.31. The summed E-state index contributed by atoms with van der Waals surface area (Å²) in [6, 6.07) is 10.0. The molecule has 0 atom stereocenters. The molecule has 2 aromatic heterocycles. The van der Waals surface area contributed by atoms with E-state index in [-0.39, 0.29) is 0 Å². The number of hydrogen-bond donors (Lipinski definition) is 0. The fourth-order valence-corrected chi connectivity index (χ4v) is 2.89. The van der Waals surface area contributed by atoms with Gasteiger partial charge in [-0.2, -0.15) is 5.26 Å². The number of rotatable bonds is 3. The van der Waals surface area contributed by atoms with Gasteiger partial charge < -0.3 is 4.74 Å². The first-order chi connectivity index (χ1) is 9.76. The monoisotopic (exact) mass is 284 g/mol. The molecule has 0 fully saturated rings. The summed E-state index contributed by atoms with van der Waals surface area (Å²) < 4.78 is 7.42. The van der Waals surface area contributed by atoms with Crippen LogP contribution in [0.15, 0.2) is 29.4 Å². The normalized spacial score (nSPS) is 10.8. The van der Waals surface area contributed by atoms with Crippen LogP contribution < -0.4 is 4.74 Å². The minimum absolute atomic E-state index is 0.339. The smallest absolute Gasteiger partial charge is 0.197 e. The number of aromatic nitrogens is 3. The van der Waals surface area contributed by atoms with Gasteiger partial charge in [0.05, 0.1) is 24.4 Å². The molecule has 0 radical (unpaired) electrons. The van der Waals surface area contributed by atoms with Crippen molar-refractivity contribution in [3.05, 3.63) is 29.8 Å². The highest BCUT2D eigenvalue weighted by Crippen LogP contribution is 2.31. The zero-order valence-electron chi connectivity index (χ0n) is 11.1. The van der Waals surface area contributed by atoms with Gasteiger partial charge in [0.25, 0.3) is 0 Å². The lowest BCUT2D eigenvalue weighted by atomic mass is 10.1. The van der Waals surface area contributed by atoms with Crippen LogP contribution in [0.25, 0.3) is 16.6 Å². The number of thioether (sulfide) groups is 1. The largest absolute Gasteiger partial charge is 0.495 e. The number of para-hydroxylation sites is 1. The Balaban J connectivity index is 2.42. The Morgan fingerprint density at radius 2 is 2.25 bits per heavy atom. The van der Waals surface area contributed by atoms with Crippen molar-refractivity contribution < 1.29 is 4.74 Å². The number of nitriles is 1. The molecule has 5 nitrogen and oxygen atoms in total. The number of methoxy groups -OCH3 is 1. The maximum atomic E-state index is 8.74. The molecule has 0 N–H and O–H groups in total. The molecule has 3 aromatic rings. The van der Waals surface area contributed by atoms with Crippen molar-refractivity contribution in [1.82, 2.24) is 14.6 Å². The van der Waals surface area contributed by atoms with Gasteiger partial charge in [0.15, 0.2) is 10.8 Å². The van der Waals surface area contributed by atoms with Crippen LogP contribution in [0.4, 0.5) is 0 Å². The first kappa shape index (κ1) is 12.8. The van der Waals surface area contributed by atoms with Crippen molar-refractivity contribution >= 4 is 28.3 Å². The Morgan fingerprint density at radius 1 is 1.40 bits per heavy atom. The summed E-state index contributed by atoms with van der Waals surface area (Å²) in [6.07, 6.45) is 0. The van der Waals surface area contributed by atoms with E-state index in [0.717, 1.165) is 27.9 Å². The topological polar surface area (TPSA) is 63.2 Å². The Labute approximate surface area is 120 Å². The molecule has 0 unspecified atom stereocenters. The van der Waals surface area contributed by atoms with Gasteiger partial charge in [0, 0.05) is 5.39 Å². The molecule has 1 aromatic carbocycles. The molecule has 3 rings (SSSR count). The summed E-state index contributed by atoms with van der Waals surface area (Å²) in [7, 11) is 1.65. The maximum absolute atomic E-state index is 8.74. The average Bonchev–Trinajstić information content (AvgIpc) is 2.87. The van der Waals surface area contributed by atoms with E-state index in [1.807, 2.05) is 35.6 Å². The minimum atomic E-state index is 0.339. The molecule has 6 heteroatoms.